The first-order chi connectivity index (χ1) is 10.3. The molecule has 0 aliphatic heterocycles. The summed E-state index contributed by atoms with van der Waals surface area (Å²) >= 11 is 1.59. The van der Waals surface area contributed by atoms with Crippen LogP contribution in [0.1, 0.15) is 36.8 Å². The van der Waals surface area contributed by atoms with Crippen LogP contribution in [-0.4, -0.2) is 28.6 Å². The van der Waals surface area contributed by atoms with E-state index in [1.165, 1.54) is 0 Å². The number of nitrogens with one attached hydrogen (secondary N) is 1. The number of benzene rings is 1. The van der Waals surface area contributed by atoms with Gasteiger partial charge in [0.1, 0.15) is 5.01 Å². The molecule has 2 aromatic rings. The number of thiazole rings is 1. The molecule has 1 unspecified atom stereocenters. The Kier molecular flexibility index (Phi) is 4.98. The van der Waals surface area contributed by atoms with Gasteiger partial charge in [-0.1, -0.05) is 32.9 Å². The summed E-state index contributed by atoms with van der Waals surface area (Å²) in [4.78, 5) is 16.5. The number of rotatable bonds is 4. The molecule has 1 aromatic heterocycles. The van der Waals surface area contributed by atoms with Crippen LogP contribution >= 0.6 is 11.3 Å². The predicted molar refractivity (Wildman–Crippen MR) is 90.1 cm³/mol. The summed E-state index contributed by atoms with van der Waals surface area (Å²) < 4.78 is 0. The summed E-state index contributed by atoms with van der Waals surface area (Å²) in [7, 11) is 0. The molecule has 22 heavy (non-hydrogen) atoms. The third-order valence-electron chi connectivity index (χ3n) is 3.47. The first-order valence-corrected chi connectivity index (χ1v) is 8.14. The number of hydrogen-bond donors (Lipinski definition) is 2. The molecule has 1 atom stereocenters. The molecule has 0 saturated carbocycles. The number of nitrogens with zero attached hydrogens (tertiary/aromatic N) is 1. The first-order valence-electron chi connectivity index (χ1n) is 7.26. The molecule has 1 heterocycles. The fraction of sp³-hybridized carbons (Fsp3) is 0.412. The van der Waals surface area contributed by atoms with Crippen LogP contribution in [0.5, 0.6) is 0 Å². The molecule has 0 fully saturated rings. The van der Waals surface area contributed by atoms with Crippen LogP contribution < -0.4 is 5.32 Å². The topological polar surface area (TPSA) is 62.2 Å². The Labute approximate surface area is 135 Å². The van der Waals surface area contributed by atoms with Crippen molar-refractivity contribution in [3.63, 3.8) is 0 Å². The van der Waals surface area contributed by atoms with E-state index in [9.17, 15) is 9.90 Å². The van der Waals surface area contributed by atoms with Crippen LogP contribution in [0.4, 0.5) is 0 Å². The van der Waals surface area contributed by atoms with E-state index in [4.69, 9.17) is 0 Å². The second kappa shape index (κ2) is 6.58. The maximum atomic E-state index is 12.1. The number of aromatic nitrogens is 1. The van der Waals surface area contributed by atoms with Gasteiger partial charge in [0, 0.05) is 28.7 Å². The summed E-state index contributed by atoms with van der Waals surface area (Å²) in [6.45, 7) is 8.02. The van der Waals surface area contributed by atoms with Crippen LogP contribution in [0, 0.1) is 12.3 Å². The van der Waals surface area contributed by atoms with Crippen molar-refractivity contribution >= 4 is 17.2 Å². The molecule has 5 heteroatoms. The van der Waals surface area contributed by atoms with E-state index in [-0.39, 0.29) is 17.9 Å². The van der Waals surface area contributed by atoms with Crippen molar-refractivity contribution in [1.82, 2.24) is 10.3 Å². The van der Waals surface area contributed by atoms with Crippen LogP contribution in [0.3, 0.4) is 0 Å². The van der Waals surface area contributed by atoms with Crippen molar-refractivity contribution in [3.05, 3.63) is 40.9 Å². The molecule has 118 valence electrons. The van der Waals surface area contributed by atoms with Crippen molar-refractivity contribution in [3.8, 4) is 10.6 Å². The molecule has 0 aliphatic rings. The Morgan fingerprint density at radius 1 is 1.32 bits per heavy atom. The summed E-state index contributed by atoms with van der Waals surface area (Å²) in [5, 5.41) is 15.7. The smallest absolute Gasteiger partial charge is 0.251 e. The molecule has 2 N–H and O–H groups in total. The zero-order chi connectivity index (χ0) is 16.3. The van der Waals surface area contributed by atoms with Crippen molar-refractivity contribution in [2.45, 2.75) is 33.8 Å². The van der Waals surface area contributed by atoms with E-state index in [1.54, 1.807) is 23.5 Å². The maximum Gasteiger partial charge on any atom is 0.251 e. The van der Waals surface area contributed by atoms with E-state index in [0.717, 1.165) is 16.3 Å². The van der Waals surface area contributed by atoms with Crippen LogP contribution in [0.25, 0.3) is 10.6 Å². The molecule has 0 spiro atoms. The van der Waals surface area contributed by atoms with Crippen molar-refractivity contribution in [2.75, 3.05) is 6.54 Å². The monoisotopic (exact) mass is 318 g/mol. The zero-order valence-electron chi connectivity index (χ0n) is 13.4. The molecule has 0 bridgehead atoms. The van der Waals surface area contributed by atoms with Crippen LogP contribution in [-0.2, 0) is 0 Å². The molecule has 0 saturated heterocycles. The fourth-order valence-corrected chi connectivity index (χ4v) is 2.65. The molecular formula is C17H22N2O2S. The second-order valence-corrected chi connectivity index (χ2v) is 7.32. The Bertz CT molecular complexity index is 641. The van der Waals surface area contributed by atoms with Crippen molar-refractivity contribution in [1.29, 1.82) is 0 Å². The fourth-order valence-electron chi connectivity index (χ4n) is 1.85. The number of hydrogen-bond acceptors (Lipinski definition) is 4. The lowest BCUT2D eigenvalue weighted by Crippen LogP contribution is -2.39. The summed E-state index contributed by atoms with van der Waals surface area (Å²) in [6.07, 6.45) is -0.575. The molecule has 1 aromatic carbocycles. The molecule has 2 rings (SSSR count). The SMILES string of the molecule is Cc1csc(-c2ccc(C(=O)NCC(O)C(C)(C)C)cc2)n1. The summed E-state index contributed by atoms with van der Waals surface area (Å²) in [5.74, 6) is -0.176. The highest BCUT2D eigenvalue weighted by atomic mass is 32.1. The number of carbonyl (C=O) groups excluding carboxylic acids is 1. The van der Waals surface area contributed by atoms with Gasteiger partial charge in [0.15, 0.2) is 0 Å². The van der Waals surface area contributed by atoms with Crippen molar-refractivity contribution in [2.24, 2.45) is 5.41 Å². The normalized spacial score (nSPS) is 13.0. The third-order valence-corrected chi connectivity index (χ3v) is 4.48. The van der Waals surface area contributed by atoms with Gasteiger partial charge < -0.3 is 10.4 Å². The second-order valence-electron chi connectivity index (χ2n) is 6.46. The number of aliphatic hydroxyl groups excluding tert-OH is 1. The van der Waals surface area contributed by atoms with Gasteiger partial charge in [-0.05, 0) is 24.5 Å². The van der Waals surface area contributed by atoms with Crippen molar-refractivity contribution < 1.29 is 9.90 Å². The molecular weight excluding hydrogens is 296 g/mol. The predicted octanol–water partition coefficient (Wildman–Crippen LogP) is 3.26. The van der Waals surface area contributed by atoms with Crippen LogP contribution in [0.15, 0.2) is 29.6 Å². The van der Waals surface area contributed by atoms with Gasteiger partial charge in [0.05, 0.1) is 6.10 Å². The average Bonchev–Trinajstić information content (AvgIpc) is 2.90. The molecule has 0 radical (unpaired) electrons. The minimum Gasteiger partial charge on any atom is -0.391 e. The van der Waals surface area contributed by atoms with Gasteiger partial charge in [0.25, 0.3) is 5.91 Å². The van der Waals surface area contributed by atoms with E-state index >= 15 is 0 Å². The van der Waals surface area contributed by atoms with E-state index < -0.39 is 6.10 Å². The Morgan fingerprint density at radius 2 is 1.95 bits per heavy atom. The lowest BCUT2D eigenvalue weighted by atomic mass is 9.89. The van der Waals surface area contributed by atoms with E-state index in [0.29, 0.717) is 5.56 Å². The minimum absolute atomic E-state index is 0.176. The number of aliphatic hydroxyl groups is 1. The highest BCUT2D eigenvalue weighted by Crippen LogP contribution is 2.23. The number of aryl methyl sites for hydroxylation is 1. The molecule has 1 amide bonds. The van der Waals surface area contributed by atoms with Gasteiger partial charge >= 0.3 is 0 Å². The van der Waals surface area contributed by atoms with Gasteiger partial charge in [-0.3, -0.25) is 4.79 Å². The zero-order valence-corrected chi connectivity index (χ0v) is 14.2. The summed E-state index contributed by atoms with van der Waals surface area (Å²) in [6, 6.07) is 7.36. The van der Waals surface area contributed by atoms with Crippen LogP contribution in [0.2, 0.25) is 0 Å². The molecule has 0 aliphatic carbocycles. The number of carbonyl (C=O) groups is 1. The maximum absolute atomic E-state index is 12.1. The lowest BCUT2D eigenvalue weighted by Gasteiger charge is -2.25. The highest BCUT2D eigenvalue weighted by Gasteiger charge is 2.22. The first kappa shape index (κ1) is 16.6. The standard InChI is InChI=1S/C17H22N2O2S/c1-11-10-22-16(19-11)13-7-5-12(6-8-13)15(21)18-9-14(20)17(2,3)4/h5-8,10,14,20H,9H2,1-4H3,(H,18,21). The van der Waals surface area contributed by atoms with Gasteiger partial charge in [-0.25, -0.2) is 4.98 Å². The Hall–Kier alpha value is -1.72. The lowest BCUT2D eigenvalue weighted by molar-refractivity contribution is 0.0587. The quantitative estimate of drug-likeness (QED) is 0.909. The molecule has 4 nitrogen and oxygen atoms in total. The Morgan fingerprint density at radius 3 is 2.45 bits per heavy atom. The highest BCUT2D eigenvalue weighted by molar-refractivity contribution is 7.13. The van der Waals surface area contributed by atoms with E-state index in [1.807, 2.05) is 45.2 Å². The largest absolute Gasteiger partial charge is 0.391 e. The summed E-state index contributed by atoms with van der Waals surface area (Å²) in [5.41, 5.74) is 2.33. The third kappa shape index (κ3) is 4.15. The minimum atomic E-state index is -0.575. The van der Waals surface area contributed by atoms with E-state index in [2.05, 4.69) is 10.3 Å². The Balaban J connectivity index is 2.00. The number of amides is 1. The van der Waals surface area contributed by atoms with Gasteiger partial charge in [0.2, 0.25) is 0 Å². The average molecular weight is 318 g/mol. The van der Waals surface area contributed by atoms with Gasteiger partial charge in [-0.15, -0.1) is 11.3 Å². The van der Waals surface area contributed by atoms with Gasteiger partial charge in [-0.2, -0.15) is 0 Å².